The summed E-state index contributed by atoms with van der Waals surface area (Å²) < 4.78 is 0. The minimum atomic E-state index is -0.107. The van der Waals surface area contributed by atoms with E-state index >= 15 is 0 Å². The summed E-state index contributed by atoms with van der Waals surface area (Å²) in [6.45, 7) is 0.736. The van der Waals surface area contributed by atoms with Gasteiger partial charge in [0.25, 0.3) is 0 Å². The van der Waals surface area contributed by atoms with Crippen LogP contribution >= 0.6 is 12.6 Å². The first kappa shape index (κ1) is 13.4. The van der Waals surface area contributed by atoms with Crippen molar-refractivity contribution in [2.24, 2.45) is 5.92 Å². The van der Waals surface area contributed by atoms with E-state index in [4.69, 9.17) is 0 Å². The van der Waals surface area contributed by atoms with Gasteiger partial charge in [-0.15, -0.1) is 0 Å². The molecule has 18 heavy (non-hydrogen) atoms. The molecule has 0 aliphatic carbocycles. The SMILES string of the molecule is O=C1CC(CS)CN1C(CO)Cc1ccccc1. The molecule has 2 atom stereocenters. The maximum atomic E-state index is 11.9. The molecule has 1 amide bonds. The van der Waals surface area contributed by atoms with Crippen LogP contribution in [0, 0.1) is 5.92 Å². The molecule has 2 unspecified atom stereocenters. The fourth-order valence-electron chi connectivity index (χ4n) is 2.44. The first-order valence-electron chi connectivity index (χ1n) is 6.29. The average Bonchev–Trinajstić information content (AvgIpc) is 2.78. The summed E-state index contributed by atoms with van der Waals surface area (Å²) in [5.74, 6) is 1.20. The van der Waals surface area contributed by atoms with E-state index in [1.807, 2.05) is 35.2 Å². The van der Waals surface area contributed by atoms with Crippen molar-refractivity contribution in [2.45, 2.75) is 18.9 Å². The van der Waals surface area contributed by atoms with E-state index in [0.717, 1.165) is 17.9 Å². The topological polar surface area (TPSA) is 40.5 Å². The maximum absolute atomic E-state index is 11.9. The van der Waals surface area contributed by atoms with Gasteiger partial charge >= 0.3 is 0 Å². The summed E-state index contributed by atoms with van der Waals surface area (Å²) in [5, 5.41) is 9.51. The van der Waals surface area contributed by atoms with Crippen molar-refractivity contribution in [1.29, 1.82) is 0 Å². The van der Waals surface area contributed by atoms with Crippen molar-refractivity contribution >= 4 is 18.5 Å². The summed E-state index contributed by atoms with van der Waals surface area (Å²) in [6.07, 6.45) is 1.27. The molecule has 0 aromatic heterocycles. The number of thiol groups is 1. The number of hydrogen-bond acceptors (Lipinski definition) is 3. The Kier molecular flexibility index (Phi) is 4.66. The highest BCUT2D eigenvalue weighted by molar-refractivity contribution is 7.80. The molecule has 0 saturated carbocycles. The van der Waals surface area contributed by atoms with Crippen molar-refractivity contribution in [1.82, 2.24) is 4.90 Å². The van der Waals surface area contributed by atoms with Crippen LogP contribution in [0.5, 0.6) is 0 Å². The van der Waals surface area contributed by atoms with E-state index in [2.05, 4.69) is 12.6 Å². The Labute approximate surface area is 113 Å². The molecule has 1 heterocycles. The maximum Gasteiger partial charge on any atom is 0.223 e. The van der Waals surface area contributed by atoms with E-state index in [1.54, 1.807) is 0 Å². The van der Waals surface area contributed by atoms with Gasteiger partial charge in [0.15, 0.2) is 0 Å². The van der Waals surface area contributed by atoms with E-state index in [9.17, 15) is 9.90 Å². The molecule has 1 aliphatic heterocycles. The fourth-order valence-corrected chi connectivity index (χ4v) is 2.69. The summed E-state index contributed by atoms with van der Waals surface area (Å²) in [5.41, 5.74) is 1.15. The number of benzene rings is 1. The van der Waals surface area contributed by atoms with E-state index in [0.29, 0.717) is 18.8 Å². The Morgan fingerprint density at radius 1 is 1.39 bits per heavy atom. The molecule has 0 radical (unpaired) electrons. The second kappa shape index (κ2) is 6.25. The summed E-state index contributed by atoms with van der Waals surface area (Å²) >= 11 is 4.25. The second-order valence-electron chi connectivity index (χ2n) is 4.82. The Balaban J connectivity index is 2.03. The lowest BCUT2D eigenvalue weighted by Gasteiger charge is -2.26. The van der Waals surface area contributed by atoms with Crippen LogP contribution in [0.25, 0.3) is 0 Å². The third-order valence-corrected chi connectivity index (χ3v) is 3.98. The standard InChI is InChI=1S/C14H19NO2S/c16-9-13(6-11-4-2-1-3-5-11)15-8-12(10-18)7-14(15)17/h1-5,12-13,16,18H,6-10H2. The molecular formula is C14H19NO2S. The monoisotopic (exact) mass is 265 g/mol. The van der Waals surface area contributed by atoms with E-state index in [1.165, 1.54) is 0 Å². The van der Waals surface area contributed by atoms with E-state index < -0.39 is 0 Å². The van der Waals surface area contributed by atoms with Crippen LogP contribution in [0.4, 0.5) is 0 Å². The molecule has 0 bridgehead atoms. The molecule has 4 heteroatoms. The highest BCUT2D eigenvalue weighted by Crippen LogP contribution is 2.22. The van der Waals surface area contributed by atoms with Crippen molar-refractivity contribution in [3.63, 3.8) is 0 Å². The third kappa shape index (κ3) is 3.06. The van der Waals surface area contributed by atoms with Gasteiger partial charge in [0.1, 0.15) is 0 Å². The quantitative estimate of drug-likeness (QED) is 0.789. The van der Waals surface area contributed by atoms with Gasteiger partial charge in [-0.05, 0) is 23.7 Å². The Hall–Kier alpha value is -1.00. The van der Waals surface area contributed by atoms with E-state index in [-0.39, 0.29) is 18.6 Å². The number of amides is 1. The predicted molar refractivity (Wildman–Crippen MR) is 74.7 cm³/mol. The van der Waals surface area contributed by atoms with Crippen LogP contribution in [-0.4, -0.2) is 40.9 Å². The normalized spacial score (nSPS) is 21.3. The molecule has 1 fully saturated rings. The number of nitrogens with zero attached hydrogens (tertiary/aromatic N) is 1. The van der Waals surface area contributed by atoms with Gasteiger partial charge in [0, 0.05) is 13.0 Å². The molecule has 1 aromatic rings. The van der Waals surface area contributed by atoms with Crippen LogP contribution < -0.4 is 0 Å². The first-order valence-corrected chi connectivity index (χ1v) is 6.93. The fraction of sp³-hybridized carbons (Fsp3) is 0.500. The average molecular weight is 265 g/mol. The van der Waals surface area contributed by atoms with Crippen LogP contribution in [0.2, 0.25) is 0 Å². The number of aliphatic hydroxyl groups is 1. The smallest absolute Gasteiger partial charge is 0.223 e. The second-order valence-corrected chi connectivity index (χ2v) is 5.19. The Bertz CT molecular complexity index is 396. The Morgan fingerprint density at radius 2 is 2.11 bits per heavy atom. The van der Waals surface area contributed by atoms with Gasteiger partial charge in [0.05, 0.1) is 12.6 Å². The minimum Gasteiger partial charge on any atom is -0.394 e. The number of carbonyl (C=O) groups excluding carboxylic acids is 1. The molecular weight excluding hydrogens is 246 g/mol. The van der Waals surface area contributed by atoms with Crippen molar-refractivity contribution < 1.29 is 9.90 Å². The molecule has 2 rings (SSSR count). The highest BCUT2D eigenvalue weighted by Gasteiger charge is 2.33. The molecule has 1 aliphatic rings. The summed E-state index contributed by atoms with van der Waals surface area (Å²) in [4.78, 5) is 13.7. The zero-order chi connectivity index (χ0) is 13.0. The van der Waals surface area contributed by atoms with Gasteiger partial charge in [-0.25, -0.2) is 0 Å². The molecule has 3 nitrogen and oxygen atoms in total. The number of aliphatic hydroxyl groups excluding tert-OH is 1. The van der Waals surface area contributed by atoms with Gasteiger partial charge in [-0.1, -0.05) is 30.3 Å². The minimum absolute atomic E-state index is 0.0138. The van der Waals surface area contributed by atoms with Crippen molar-refractivity contribution in [3.8, 4) is 0 Å². The van der Waals surface area contributed by atoms with Crippen LogP contribution in [0.3, 0.4) is 0 Å². The lowest BCUT2D eigenvalue weighted by molar-refractivity contribution is -0.130. The van der Waals surface area contributed by atoms with Crippen LogP contribution in [0.15, 0.2) is 30.3 Å². The van der Waals surface area contributed by atoms with Crippen LogP contribution in [-0.2, 0) is 11.2 Å². The van der Waals surface area contributed by atoms with Crippen molar-refractivity contribution in [3.05, 3.63) is 35.9 Å². The number of carbonyl (C=O) groups is 1. The van der Waals surface area contributed by atoms with Gasteiger partial charge in [0.2, 0.25) is 5.91 Å². The van der Waals surface area contributed by atoms with Gasteiger partial charge in [-0.2, -0.15) is 12.6 Å². The molecule has 1 N–H and O–H groups in total. The predicted octanol–water partition coefficient (Wildman–Crippen LogP) is 1.37. The van der Waals surface area contributed by atoms with Crippen molar-refractivity contribution in [2.75, 3.05) is 18.9 Å². The zero-order valence-corrected chi connectivity index (χ0v) is 11.2. The largest absolute Gasteiger partial charge is 0.394 e. The summed E-state index contributed by atoms with van der Waals surface area (Å²) in [6, 6.07) is 9.87. The third-order valence-electron chi connectivity index (χ3n) is 3.46. The Morgan fingerprint density at radius 3 is 2.67 bits per heavy atom. The van der Waals surface area contributed by atoms with Crippen LogP contribution in [0.1, 0.15) is 12.0 Å². The molecule has 1 aromatic carbocycles. The summed E-state index contributed by atoms with van der Waals surface area (Å²) in [7, 11) is 0. The molecule has 98 valence electrons. The highest BCUT2D eigenvalue weighted by atomic mass is 32.1. The van der Waals surface area contributed by atoms with Gasteiger partial charge < -0.3 is 10.0 Å². The molecule has 1 saturated heterocycles. The number of hydrogen-bond donors (Lipinski definition) is 2. The lowest BCUT2D eigenvalue weighted by atomic mass is 10.1. The lowest BCUT2D eigenvalue weighted by Crippen LogP contribution is -2.40. The first-order chi connectivity index (χ1) is 8.74. The number of rotatable bonds is 5. The zero-order valence-electron chi connectivity index (χ0n) is 10.3. The number of likely N-dealkylation sites (tertiary alicyclic amines) is 1. The van der Waals surface area contributed by atoms with Gasteiger partial charge in [-0.3, -0.25) is 4.79 Å². The molecule has 0 spiro atoms.